The minimum Gasteiger partial charge on any atom is -0.367 e. The van der Waals surface area contributed by atoms with Gasteiger partial charge in [-0.1, -0.05) is 0 Å². The lowest BCUT2D eigenvalue weighted by Gasteiger charge is -2.08. The van der Waals surface area contributed by atoms with Gasteiger partial charge in [-0.2, -0.15) is 10.4 Å². The van der Waals surface area contributed by atoms with E-state index in [0.29, 0.717) is 35.9 Å². The Balaban J connectivity index is 1.48. The topological polar surface area (TPSA) is 109 Å². The Bertz CT molecular complexity index is 969. The molecule has 0 spiro atoms. The van der Waals surface area contributed by atoms with E-state index in [1.807, 2.05) is 38.1 Å². The van der Waals surface area contributed by atoms with E-state index in [9.17, 15) is 4.79 Å². The number of carbonyl (C=O) groups is 1. The molecule has 0 unspecified atom stereocenters. The van der Waals surface area contributed by atoms with E-state index in [2.05, 4.69) is 25.9 Å². The molecular formula is C19H19N7O. The van der Waals surface area contributed by atoms with E-state index < -0.39 is 0 Å². The number of carbonyl (C=O) groups excluding carboxylic acids is 1. The maximum absolute atomic E-state index is 12.0. The standard InChI is InChI=1S/C19H19N7O/c1-13-11-14(2)26(25-13)18-8-7-17(23-24-18)21-9-10-22-19(27)16-5-3-15(12-20)4-6-16/h3-8,11H,9-10H2,1-2H3,(H,21,23)(H,22,27). The van der Waals surface area contributed by atoms with E-state index in [0.717, 1.165) is 11.4 Å². The number of benzene rings is 1. The zero-order valence-corrected chi connectivity index (χ0v) is 15.1. The van der Waals surface area contributed by atoms with Gasteiger partial charge >= 0.3 is 0 Å². The average Bonchev–Trinajstić information content (AvgIpc) is 3.03. The summed E-state index contributed by atoms with van der Waals surface area (Å²) in [7, 11) is 0. The van der Waals surface area contributed by atoms with Gasteiger partial charge in [-0.05, 0) is 56.3 Å². The molecule has 136 valence electrons. The summed E-state index contributed by atoms with van der Waals surface area (Å²) in [5.41, 5.74) is 2.96. The molecule has 2 heterocycles. The molecule has 0 fully saturated rings. The van der Waals surface area contributed by atoms with Crippen LogP contribution in [0.2, 0.25) is 0 Å². The molecule has 0 atom stereocenters. The number of anilines is 1. The van der Waals surface area contributed by atoms with Crippen molar-refractivity contribution < 1.29 is 4.79 Å². The second-order valence-electron chi connectivity index (χ2n) is 5.99. The third-order valence-electron chi connectivity index (χ3n) is 3.87. The van der Waals surface area contributed by atoms with Crippen LogP contribution in [0.15, 0.2) is 42.5 Å². The molecule has 1 amide bonds. The number of hydrogen-bond acceptors (Lipinski definition) is 6. The average molecular weight is 361 g/mol. The molecule has 0 bridgehead atoms. The minimum atomic E-state index is -0.188. The van der Waals surface area contributed by atoms with E-state index in [4.69, 9.17) is 5.26 Å². The SMILES string of the molecule is Cc1cc(C)n(-c2ccc(NCCNC(=O)c3ccc(C#N)cc3)nn2)n1. The van der Waals surface area contributed by atoms with Crippen LogP contribution in [-0.2, 0) is 0 Å². The molecule has 0 saturated heterocycles. The first-order valence-electron chi connectivity index (χ1n) is 8.46. The van der Waals surface area contributed by atoms with E-state index in [1.165, 1.54) is 0 Å². The Hall–Kier alpha value is -3.73. The van der Waals surface area contributed by atoms with Crippen LogP contribution in [0.4, 0.5) is 5.82 Å². The molecule has 0 saturated carbocycles. The van der Waals surface area contributed by atoms with Crippen LogP contribution >= 0.6 is 0 Å². The highest BCUT2D eigenvalue weighted by atomic mass is 16.1. The quantitative estimate of drug-likeness (QED) is 0.650. The molecule has 27 heavy (non-hydrogen) atoms. The largest absolute Gasteiger partial charge is 0.367 e. The predicted octanol–water partition coefficient (Wildman–Crippen LogP) is 1.99. The number of aryl methyl sites for hydroxylation is 2. The molecule has 3 rings (SSSR count). The normalized spacial score (nSPS) is 10.3. The van der Waals surface area contributed by atoms with Gasteiger partial charge in [0, 0.05) is 24.3 Å². The van der Waals surface area contributed by atoms with E-state index >= 15 is 0 Å². The first kappa shape index (κ1) is 18.1. The first-order chi connectivity index (χ1) is 13.1. The molecule has 0 aliphatic carbocycles. The molecule has 0 aliphatic rings. The van der Waals surface area contributed by atoms with Crippen molar-refractivity contribution in [3.8, 4) is 11.9 Å². The summed E-state index contributed by atoms with van der Waals surface area (Å²) in [6.45, 7) is 4.83. The second kappa shape index (κ2) is 8.10. The summed E-state index contributed by atoms with van der Waals surface area (Å²) in [6.07, 6.45) is 0. The lowest BCUT2D eigenvalue weighted by atomic mass is 10.1. The van der Waals surface area contributed by atoms with Gasteiger partial charge in [0.2, 0.25) is 0 Å². The number of rotatable bonds is 6. The number of hydrogen-bond donors (Lipinski definition) is 2. The van der Waals surface area contributed by atoms with Crippen molar-refractivity contribution in [2.75, 3.05) is 18.4 Å². The number of nitriles is 1. The fraction of sp³-hybridized carbons (Fsp3) is 0.211. The lowest BCUT2D eigenvalue weighted by molar-refractivity contribution is 0.0955. The summed E-state index contributed by atoms with van der Waals surface area (Å²) in [4.78, 5) is 12.0. The van der Waals surface area contributed by atoms with Crippen molar-refractivity contribution in [1.29, 1.82) is 5.26 Å². The van der Waals surface area contributed by atoms with Crippen LogP contribution in [0.25, 0.3) is 5.82 Å². The van der Waals surface area contributed by atoms with Crippen molar-refractivity contribution >= 4 is 11.7 Å². The molecule has 1 aromatic carbocycles. The van der Waals surface area contributed by atoms with Gasteiger partial charge in [-0.3, -0.25) is 4.79 Å². The Morgan fingerprint density at radius 2 is 1.89 bits per heavy atom. The maximum atomic E-state index is 12.0. The highest BCUT2D eigenvalue weighted by molar-refractivity contribution is 5.94. The second-order valence-corrected chi connectivity index (χ2v) is 5.99. The zero-order valence-electron chi connectivity index (χ0n) is 15.1. The molecule has 0 radical (unpaired) electrons. The maximum Gasteiger partial charge on any atom is 0.251 e. The van der Waals surface area contributed by atoms with Crippen LogP contribution in [-0.4, -0.2) is 39.0 Å². The van der Waals surface area contributed by atoms with E-state index in [1.54, 1.807) is 28.9 Å². The van der Waals surface area contributed by atoms with Crippen molar-refractivity contribution in [3.63, 3.8) is 0 Å². The fourth-order valence-corrected chi connectivity index (χ4v) is 2.56. The van der Waals surface area contributed by atoms with Gasteiger partial charge in [0.25, 0.3) is 5.91 Å². The van der Waals surface area contributed by atoms with Crippen LogP contribution in [0.5, 0.6) is 0 Å². The highest BCUT2D eigenvalue weighted by Crippen LogP contribution is 2.10. The molecule has 8 nitrogen and oxygen atoms in total. The van der Waals surface area contributed by atoms with Gasteiger partial charge in [0.05, 0.1) is 17.3 Å². The summed E-state index contributed by atoms with van der Waals surface area (Å²) >= 11 is 0. The molecule has 3 aromatic rings. The number of amides is 1. The third-order valence-corrected chi connectivity index (χ3v) is 3.87. The molecule has 2 aromatic heterocycles. The summed E-state index contributed by atoms with van der Waals surface area (Å²) in [6, 6.07) is 14.2. The molecule has 2 N–H and O–H groups in total. The Kier molecular flexibility index (Phi) is 5.42. The van der Waals surface area contributed by atoms with Gasteiger partial charge in [0.1, 0.15) is 5.82 Å². The Morgan fingerprint density at radius 3 is 2.48 bits per heavy atom. The minimum absolute atomic E-state index is 0.188. The van der Waals surface area contributed by atoms with Gasteiger partial charge in [-0.15, -0.1) is 10.2 Å². The van der Waals surface area contributed by atoms with Crippen LogP contribution < -0.4 is 10.6 Å². The monoisotopic (exact) mass is 361 g/mol. The predicted molar refractivity (Wildman–Crippen MR) is 101 cm³/mol. The van der Waals surface area contributed by atoms with Gasteiger partial charge in [-0.25, -0.2) is 4.68 Å². The Morgan fingerprint density at radius 1 is 1.11 bits per heavy atom. The summed E-state index contributed by atoms with van der Waals surface area (Å²) < 4.78 is 1.74. The van der Waals surface area contributed by atoms with Gasteiger partial charge in [0.15, 0.2) is 5.82 Å². The fourth-order valence-electron chi connectivity index (χ4n) is 2.56. The summed E-state index contributed by atoms with van der Waals surface area (Å²) in [5.74, 6) is 1.08. The van der Waals surface area contributed by atoms with Crippen molar-refractivity contribution in [2.45, 2.75) is 13.8 Å². The molecule has 0 aliphatic heterocycles. The number of nitrogens with zero attached hydrogens (tertiary/aromatic N) is 5. The smallest absolute Gasteiger partial charge is 0.251 e. The van der Waals surface area contributed by atoms with Crippen LogP contribution in [0.3, 0.4) is 0 Å². The van der Waals surface area contributed by atoms with Crippen molar-refractivity contribution in [3.05, 3.63) is 65.0 Å². The van der Waals surface area contributed by atoms with Crippen LogP contribution in [0, 0.1) is 25.2 Å². The molecular weight excluding hydrogens is 342 g/mol. The number of nitrogens with one attached hydrogen (secondary N) is 2. The third kappa shape index (κ3) is 4.46. The van der Waals surface area contributed by atoms with Crippen LogP contribution in [0.1, 0.15) is 27.3 Å². The van der Waals surface area contributed by atoms with Gasteiger partial charge < -0.3 is 10.6 Å². The zero-order chi connectivity index (χ0) is 19.2. The number of aromatic nitrogens is 4. The van der Waals surface area contributed by atoms with Crippen molar-refractivity contribution in [2.24, 2.45) is 0 Å². The van der Waals surface area contributed by atoms with E-state index in [-0.39, 0.29) is 5.91 Å². The summed E-state index contributed by atoms with van der Waals surface area (Å²) in [5, 5.41) is 27.4. The lowest BCUT2D eigenvalue weighted by Crippen LogP contribution is -2.28. The Labute approximate surface area is 156 Å². The highest BCUT2D eigenvalue weighted by Gasteiger charge is 2.07. The first-order valence-corrected chi connectivity index (χ1v) is 8.46. The molecule has 8 heteroatoms. The van der Waals surface area contributed by atoms with Crippen molar-refractivity contribution in [1.82, 2.24) is 25.3 Å².